The molecule has 0 aliphatic rings. The van der Waals surface area contributed by atoms with Crippen LogP contribution in [0.4, 0.5) is 0 Å². The van der Waals surface area contributed by atoms with Gasteiger partial charge in [0.05, 0.1) is 19.3 Å². The van der Waals surface area contributed by atoms with Gasteiger partial charge in [-0.25, -0.2) is 0 Å². The third-order valence-corrected chi connectivity index (χ3v) is 2.28. The van der Waals surface area contributed by atoms with E-state index in [0.29, 0.717) is 26.3 Å². The highest BCUT2D eigenvalue weighted by Gasteiger charge is 2.03. The Labute approximate surface area is 105 Å². The second-order valence-electron chi connectivity index (χ2n) is 4.43. The van der Waals surface area contributed by atoms with Gasteiger partial charge in [-0.3, -0.25) is 0 Å². The van der Waals surface area contributed by atoms with Gasteiger partial charge in [0, 0.05) is 26.8 Å². The molecule has 0 aliphatic carbocycles. The fourth-order valence-electron chi connectivity index (χ4n) is 1.45. The van der Waals surface area contributed by atoms with E-state index in [1.807, 2.05) is 19.0 Å². The molecule has 0 bridgehead atoms. The molecule has 0 amide bonds. The second kappa shape index (κ2) is 12.3. The van der Waals surface area contributed by atoms with Crippen molar-refractivity contribution in [1.82, 2.24) is 10.2 Å². The molecular weight excluding hydrogens is 220 g/mol. The van der Waals surface area contributed by atoms with Crippen LogP contribution in [0.2, 0.25) is 0 Å². The number of rotatable bonds is 12. The van der Waals surface area contributed by atoms with Crippen molar-refractivity contribution < 1.29 is 14.6 Å². The molecule has 5 heteroatoms. The standard InChI is InChI=1S/C12H28N2O3/c1-14(2)11-12(15)10-13-6-4-5-7-17-9-8-16-3/h12-13,15H,4-11H2,1-3H3. The second-order valence-corrected chi connectivity index (χ2v) is 4.43. The Balaban J connectivity index is 3.07. The fourth-order valence-corrected chi connectivity index (χ4v) is 1.45. The summed E-state index contributed by atoms with van der Waals surface area (Å²) in [6, 6.07) is 0. The first-order valence-electron chi connectivity index (χ1n) is 6.27. The van der Waals surface area contributed by atoms with E-state index in [1.165, 1.54) is 0 Å². The van der Waals surface area contributed by atoms with Crippen molar-refractivity contribution in [3.8, 4) is 0 Å². The van der Waals surface area contributed by atoms with Gasteiger partial charge in [-0.2, -0.15) is 0 Å². The normalized spacial score (nSPS) is 13.2. The molecule has 1 atom stereocenters. The van der Waals surface area contributed by atoms with Crippen LogP contribution in [-0.2, 0) is 9.47 Å². The van der Waals surface area contributed by atoms with Gasteiger partial charge >= 0.3 is 0 Å². The summed E-state index contributed by atoms with van der Waals surface area (Å²) in [6.07, 6.45) is 1.82. The Hall–Kier alpha value is -0.200. The monoisotopic (exact) mass is 248 g/mol. The third-order valence-electron chi connectivity index (χ3n) is 2.28. The van der Waals surface area contributed by atoms with E-state index in [9.17, 15) is 5.11 Å². The van der Waals surface area contributed by atoms with Gasteiger partial charge < -0.3 is 24.8 Å². The van der Waals surface area contributed by atoms with Crippen LogP contribution in [0.5, 0.6) is 0 Å². The minimum Gasteiger partial charge on any atom is -0.390 e. The van der Waals surface area contributed by atoms with Crippen molar-refractivity contribution in [2.45, 2.75) is 18.9 Å². The summed E-state index contributed by atoms with van der Waals surface area (Å²) in [5.41, 5.74) is 0. The molecule has 0 aromatic carbocycles. The summed E-state index contributed by atoms with van der Waals surface area (Å²) >= 11 is 0. The molecule has 1 unspecified atom stereocenters. The molecule has 17 heavy (non-hydrogen) atoms. The Kier molecular flexibility index (Phi) is 12.1. The van der Waals surface area contributed by atoms with Gasteiger partial charge in [-0.1, -0.05) is 0 Å². The number of aliphatic hydroxyl groups is 1. The fraction of sp³-hybridized carbons (Fsp3) is 1.00. The molecule has 0 saturated heterocycles. The predicted molar refractivity (Wildman–Crippen MR) is 69.4 cm³/mol. The molecule has 0 fully saturated rings. The van der Waals surface area contributed by atoms with Gasteiger partial charge in [0.1, 0.15) is 0 Å². The summed E-state index contributed by atoms with van der Waals surface area (Å²) in [6.45, 7) is 4.40. The van der Waals surface area contributed by atoms with Gasteiger partial charge in [0.2, 0.25) is 0 Å². The van der Waals surface area contributed by atoms with Crippen molar-refractivity contribution in [3.05, 3.63) is 0 Å². The molecule has 104 valence electrons. The zero-order valence-corrected chi connectivity index (χ0v) is 11.4. The van der Waals surface area contributed by atoms with Crippen LogP contribution in [0.1, 0.15) is 12.8 Å². The maximum atomic E-state index is 9.58. The summed E-state index contributed by atoms with van der Waals surface area (Å²) in [7, 11) is 5.59. The van der Waals surface area contributed by atoms with Gasteiger partial charge in [0.25, 0.3) is 0 Å². The minimum atomic E-state index is -0.289. The zero-order chi connectivity index (χ0) is 12.9. The highest BCUT2D eigenvalue weighted by Crippen LogP contribution is 1.90. The van der Waals surface area contributed by atoms with Crippen molar-refractivity contribution in [3.63, 3.8) is 0 Å². The van der Waals surface area contributed by atoms with Crippen molar-refractivity contribution in [1.29, 1.82) is 0 Å². The number of aliphatic hydroxyl groups excluding tert-OH is 1. The molecule has 5 nitrogen and oxygen atoms in total. The lowest BCUT2D eigenvalue weighted by Gasteiger charge is -2.16. The topological polar surface area (TPSA) is 54.0 Å². The maximum Gasteiger partial charge on any atom is 0.0791 e. The minimum absolute atomic E-state index is 0.289. The first-order valence-corrected chi connectivity index (χ1v) is 6.27. The Morgan fingerprint density at radius 3 is 2.59 bits per heavy atom. The van der Waals surface area contributed by atoms with Crippen LogP contribution in [0.15, 0.2) is 0 Å². The lowest BCUT2D eigenvalue weighted by molar-refractivity contribution is 0.0686. The Morgan fingerprint density at radius 2 is 1.94 bits per heavy atom. The average molecular weight is 248 g/mol. The van der Waals surface area contributed by atoms with E-state index in [4.69, 9.17) is 9.47 Å². The molecule has 0 aromatic rings. The van der Waals surface area contributed by atoms with E-state index < -0.39 is 0 Å². The number of hydrogen-bond donors (Lipinski definition) is 2. The van der Waals surface area contributed by atoms with Crippen molar-refractivity contribution >= 4 is 0 Å². The highest BCUT2D eigenvalue weighted by atomic mass is 16.5. The first-order chi connectivity index (χ1) is 8.16. The average Bonchev–Trinajstić information content (AvgIpc) is 2.26. The molecule has 0 spiro atoms. The number of nitrogens with zero attached hydrogens (tertiary/aromatic N) is 1. The number of nitrogens with one attached hydrogen (secondary N) is 1. The van der Waals surface area contributed by atoms with Crippen LogP contribution in [0.3, 0.4) is 0 Å². The largest absolute Gasteiger partial charge is 0.390 e. The Bertz CT molecular complexity index is 157. The van der Waals surface area contributed by atoms with Crippen LogP contribution < -0.4 is 5.32 Å². The summed E-state index contributed by atoms with van der Waals surface area (Å²) in [5.74, 6) is 0. The smallest absolute Gasteiger partial charge is 0.0791 e. The van der Waals surface area contributed by atoms with E-state index in [-0.39, 0.29) is 6.10 Å². The molecule has 0 saturated carbocycles. The number of hydrogen-bond acceptors (Lipinski definition) is 5. The summed E-state index contributed by atoms with van der Waals surface area (Å²) in [4.78, 5) is 1.98. The number of likely N-dealkylation sites (N-methyl/N-ethyl adjacent to an activating group) is 1. The third kappa shape index (κ3) is 13.7. The number of ether oxygens (including phenoxy) is 2. The lowest BCUT2D eigenvalue weighted by Crippen LogP contribution is -2.35. The van der Waals surface area contributed by atoms with Crippen LogP contribution in [0.25, 0.3) is 0 Å². The van der Waals surface area contributed by atoms with E-state index in [2.05, 4.69) is 5.32 Å². The molecular formula is C12H28N2O3. The van der Waals surface area contributed by atoms with E-state index >= 15 is 0 Å². The quantitative estimate of drug-likeness (QED) is 0.474. The molecule has 2 N–H and O–H groups in total. The molecule has 0 rings (SSSR count). The van der Waals surface area contributed by atoms with Crippen molar-refractivity contribution in [2.75, 3.05) is 60.7 Å². The molecule has 0 aliphatic heterocycles. The first kappa shape index (κ1) is 16.8. The number of methoxy groups -OCH3 is 1. The summed E-state index contributed by atoms with van der Waals surface area (Å²) in [5, 5.41) is 12.8. The highest BCUT2D eigenvalue weighted by molar-refractivity contribution is 4.62. The van der Waals surface area contributed by atoms with Crippen molar-refractivity contribution in [2.24, 2.45) is 0 Å². The van der Waals surface area contributed by atoms with E-state index in [0.717, 1.165) is 26.0 Å². The van der Waals surface area contributed by atoms with Crippen LogP contribution in [0, 0.1) is 0 Å². The van der Waals surface area contributed by atoms with Crippen LogP contribution >= 0.6 is 0 Å². The Morgan fingerprint density at radius 1 is 1.18 bits per heavy atom. The van der Waals surface area contributed by atoms with Gasteiger partial charge in [-0.05, 0) is 33.5 Å². The zero-order valence-electron chi connectivity index (χ0n) is 11.4. The molecule has 0 radical (unpaired) electrons. The molecule has 0 aromatic heterocycles. The van der Waals surface area contributed by atoms with Gasteiger partial charge in [-0.15, -0.1) is 0 Å². The summed E-state index contributed by atoms with van der Waals surface area (Å²) < 4.78 is 10.2. The van der Waals surface area contributed by atoms with Gasteiger partial charge in [0.15, 0.2) is 0 Å². The SMILES string of the molecule is COCCOCCCCNCC(O)CN(C)C. The predicted octanol–water partition coefficient (Wildman–Crippen LogP) is -0.0583. The van der Waals surface area contributed by atoms with Crippen LogP contribution in [-0.4, -0.2) is 76.8 Å². The number of unbranched alkanes of at least 4 members (excludes halogenated alkanes) is 1. The van der Waals surface area contributed by atoms with E-state index in [1.54, 1.807) is 7.11 Å². The maximum absolute atomic E-state index is 9.58. The lowest BCUT2D eigenvalue weighted by atomic mass is 10.3. The molecule has 0 heterocycles.